The molecule has 30 heavy (non-hydrogen) atoms. The molecule has 0 saturated carbocycles. The zero-order valence-corrected chi connectivity index (χ0v) is 15.3. The summed E-state index contributed by atoms with van der Waals surface area (Å²) in [4.78, 5) is 12.6. The van der Waals surface area contributed by atoms with E-state index >= 15 is 0 Å². The maximum Gasteiger partial charge on any atom is 0.416 e. The van der Waals surface area contributed by atoms with E-state index in [0.29, 0.717) is 33.7 Å². The highest BCUT2D eigenvalue weighted by atomic mass is 19.4. The van der Waals surface area contributed by atoms with Crippen LogP contribution in [0.2, 0.25) is 0 Å². The molecule has 0 aliphatic heterocycles. The highest BCUT2D eigenvalue weighted by Crippen LogP contribution is 2.36. The molecule has 1 aromatic heterocycles. The van der Waals surface area contributed by atoms with Gasteiger partial charge in [-0.2, -0.15) is 19.7 Å². The van der Waals surface area contributed by atoms with Crippen molar-refractivity contribution in [2.45, 2.75) is 6.18 Å². The predicted molar refractivity (Wildman–Crippen MR) is 108 cm³/mol. The molecule has 0 bridgehead atoms. The average Bonchev–Trinajstić information content (AvgIpc) is 3.05. The second kappa shape index (κ2) is 6.49. The topological polar surface area (TPSA) is 42.5 Å². The minimum absolute atomic E-state index is 0.497. The van der Waals surface area contributed by atoms with Gasteiger partial charge in [0.2, 0.25) is 0 Å². The van der Waals surface area contributed by atoms with E-state index in [-0.39, 0.29) is 0 Å². The van der Waals surface area contributed by atoms with Gasteiger partial charge in [-0.3, -0.25) is 0 Å². The zero-order chi connectivity index (χ0) is 20.9. The third-order valence-electron chi connectivity index (χ3n) is 5.02. The Morgan fingerprint density at radius 1 is 0.767 bits per heavy atom. The zero-order valence-electron chi connectivity index (χ0n) is 15.3. The number of hydrogen-bond donors (Lipinski definition) is 0. The number of nitrogens with zero attached hydrogens (tertiary/aromatic N) is 4. The molecule has 3 aromatic carbocycles. The summed E-state index contributed by atoms with van der Waals surface area (Å²) >= 11 is 0. The third kappa shape index (κ3) is 2.81. The van der Waals surface area contributed by atoms with Crippen molar-refractivity contribution in [1.29, 1.82) is 0 Å². The second-order valence-corrected chi connectivity index (χ2v) is 6.79. The Morgan fingerprint density at radius 2 is 1.43 bits per heavy atom. The Labute approximate surface area is 169 Å². The van der Waals surface area contributed by atoms with Gasteiger partial charge in [-0.05, 0) is 35.4 Å². The van der Waals surface area contributed by atoms with Crippen LogP contribution in [0.1, 0.15) is 16.8 Å². The Kier molecular flexibility index (Phi) is 3.90. The molecule has 144 valence electrons. The summed E-state index contributed by atoms with van der Waals surface area (Å²) in [6.45, 7) is 7.11. The average molecular weight is 400 g/mol. The summed E-state index contributed by atoms with van der Waals surface area (Å²) in [5, 5.41) is 3.92. The molecule has 0 saturated heterocycles. The van der Waals surface area contributed by atoms with E-state index in [2.05, 4.69) is 15.0 Å². The van der Waals surface area contributed by atoms with Crippen molar-refractivity contribution in [3.05, 3.63) is 95.1 Å². The molecule has 4 nitrogen and oxygen atoms in total. The standard InChI is InChI=1S/C23H11F3N4/c1-27-30-21-17-5-3-2-4-16(17)20-22(21)28-18-11-8-14(12-19(18)29-20)13-6-9-15(10-7-13)23(24,25)26/h2-12H/b30-21-. The van der Waals surface area contributed by atoms with E-state index in [1.54, 1.807) is 18.2 Å². The van der Waals surface area contributed by atoms with Gasteiger partial charge in [0.15, 0.2) is 5.71 Å². The lowest BCUT2D eigenvalue weighted by Crippen LogP contribution is -2.04. The molecule has 4 aromatic rings. The van der Waals surface area contributed by atoms with E-state index in [9.17, 15) is 13.2 Å². The molecular formula is C23H11F3N4. The van der Waals surface area contributed by atoms with Gasteiger partial charge in [0.05, 0.1) is 27.4 Å². The molecule has 1 aliphatic carbocycles. The fraction of sp³-hybridized carbons (Fsp3) is 0.0435. The van der Waals surface area contributed by atoms with Gasteiger partial charge in [-0.15, -0.1) is 4.95 Å². The molecule has 1 aliphatic rings. The second-order valence-electron chi connectivity index (χ2n) is 6.79. The fourth-order valence-corrected chi connectivity index (χ4v) is 3.61. The molecule has 7 heteroatoms. The summed E-state index contributed by atoms with van der Waals surface area (Å²) in [7, 11) is 0. The van der Waals surface area contributed by atoms with Crippen LogP contribution >= 0.6 is 0 Å². The molecular weight excluding hydrogens is 389 g/mol. The van der Waals surface area contributed by atoms with Crippen molar-refractivity contribution in [1.82, 2.24) is 9.97 Å². The summed E-state index contributed by atoms with van der Waals surface area (Å²) in [5.41, 5.74) is 5.30. The maximum absolute atomic E-state index is 12.8. The predicted octanol–water partition coefficient (Wildman–Crippen LogP) is 5.97. The van der Waals surface area contributed by atoms with Crippen LogP contribution in [0, 0.1) is 6.57 Å². The van der Waals surface area contributed by atoms with Gasteiger partial charge in [0.1, 0.15) is 5.69 Å². The first kappa shape index (κ1) is 18.0. The molecule has 0 radical (unpaired) electrons. The molecule has 1 heterocycles. The molecule has 0 N–H and O–H groups in total. The van der Waals surface area contributed by atoms with E-state index in [1.165, 1.54) is 12.1 Å². The van der Waals surface area contributed by atoms with E-state index in [1.807, 2.05) is 24.3 Å². The molecule has 0 amide bonds. The van der Waals surface area contributed by atoms with Crippen LogP contribution in [0.3, 0.4) is 0 Å². The number of benzene rings is 3. The van der Waals surface area contributed by atoms with Crippen molar-refractivity contribution in [3.63, 3.8) is 0 Å². The van der Waals surface area contributed by atoms with Crippen LogP contribution in [0.4, 0.5) is 13.2 Å². The Morgan fingerprint density at radius 3 is 2.13 bits per heavy atom. The normalized spacial score (nSPS) is 13.9. The van der Waals surface area contributed by atoms with Crippen LogP contribution in [0.5, 0.6) is 0 Å². The number of rotatable bonds is 1. The van der Waals surface area contributed by atoms with E-state index in [4.69, 9.17) is 11.6 Å². The van der Waals surface area contributed by atoms with Crippen molar-refractivity contribution >= 4 is 16.7 Å². The van der Waals surface area contributed by atoms with E-state index in [0.717, 1.165) is 28.8 Å². The number of halogens is 3. The maximum atomic E-state index is 12.8. The quantitative estimate of drug-likeness (QED) is 0.257. The van der Waals surface area contributed by atoms with Crippen LogP contribution in [-0.2, 0) is 6.18 Å². The van der Waals surface area contributed by atoms with Gasteiger partial charge in [-0.25, -0.2) is 9.97 Å². The van der Waals surface area contributed by atoms with Crippen molar-refractivity contribution < 1.29 is 13.2 Å². The third-order valence-corrected chi connectivity index (χ3v) is 5.02. The molecule has 0 atom stereocenters. The van der Waals surface area contributed by atoms with Crippen molar-refractivity contribution in [2.24, 2.45) is 5.10 Å². The lowest BCUT2D eigenvalue weighted by Gasteiger charge is -2.09. The minimum atomic E-state index is -4.37. The first-order valence-corrected chi connectivity index (χ1v) is 9.00. The first-order chi connectivity index (χ1) is 14.5. The van der Waals surface area contributed by atoms with Crippen molar-refractivity contribution in [2.75, 3.05) is 0 Å². The van der Waals surface area contributed by atoms with Gasteiger partial charge in [-0.1, -0.05) is 42.5 Å². The van der Waals surface area contributed by atoms with Crippen molar-refractivity contribution in [3.8, 4) is 22.4 Å². The Balaban J connectivity index is 1.64. The van der Waals surface area contributed by atoms with Gasteiger partial charge in [0, 0.05) is 11.1 Å². The monoisotopic (exact) mass is 400 g/mol. The van der Waals surface area contributed by atoms with Crippen LogP contribution in [0.25, 0.3) is 38.4 Å². The molecule has 5 rings (SSSR count). The summed E-state index contributed by atoms with van der Waals surface area (Å²) in [6.07, 6.45) is -4.37. The first-order valence-electron chi connectivity index (χ1n) is 9.00. The van der Waals surface area contributed by atoms with Gasteiger partial charge >= 0.3 is 6.18 Å². The van der Waals surface area contributed by atoms with Crippen LogP contribution in [0.15, 0.2) is 71.8 Å². The Bertz CT molecular complexity index is 1380. The number of alkyl halides is 3. The molecule has 0 spiro atoms. The largest absolute Gasteiger partial charge is 0.416 e. The smallest absolute Gasteiger partial charge is 0.244 e. The van der Waals surface area contributed by atoms with Gasteiger partial charge in [0.25, 0.3) is 0 Å². The summed E-state index contributed by atoms with van der Waals surface area (Å²) in [6, 6.07) is 17.9. The van der Waals surface area contributed by atoms with Crippen LogP contribution < -0.4 is 0 Å². The fourth-order valence-electron chi connectivity index (χ4n) is 3.61. The highest BCUT2D eigenvalue weighted by molar-refractivity contribution is 6.23. The highest BCUT2D eigenvalue weighted by Gasteiger charge is 2.31. The molecule has 0 fully saturated rings. The molecule has 0 unspecified atom stereocenters. The lowest BCUT2D eigenvalue weighted by atomic mass is 10.0. The lowest BCUT2D eigenvalue weighted by molar-refractivity contribution is -0.137. The SMILES string of the molecule is [C-]#[N+]/N=C1/c2ccccc2-c2nc3cc(-c4ccc(C(F)(F)F)cc4)ccc3nc21. The number of aromatic nitrogens is 2. The Hall–Kier alpha value is -4.05. The minimum Gasteiger partial charge on any atom is -0.244 e. The summed E-state index contributed by atoms with van der Waals surface area (Å²) < 4.78 is 38.5. The van der Waals surface area contributed by atoms with E-state index < -0.39 is 11.7 Å². The van der Waals surface area contributed by atoms with Crippen LogP contribution in [-0.4, -0.2) is 15.7 Å². The van der Waals surface area contributed by atoms with Gasteiger partial charge < -0.3 is 0 Å². The number of hydrogen-bond acceptors (Lipinski definition) is 3. The number of fused-ring (bicyclic) bond motifs is 4. The summed E-state index contributed by atoms with van der Waals surface area (Å²) in [5.74, 6) is 0.